The molecule has 24 heavy (non-hydrogen) atoms. The average molecular weight is 446 g/mol. The van der Waals surface area contributed by atoms with E-state index < -0.39 is 31.3 Å². The van der Waals surface area contributed by atoms with E-state index in [4.69, 9.17) is 31.8 Å². The molecule has 0 aliphatic carbocycles. The van der Waals surface area contributed by atoms with E-state index in [-0.39, 0.29) is 42.0 Å². The summed E-state index contributed by atoms with van der Waals surface area (Å²) in [6.45, 7) is -3.63. The van der Waals surface area contributed by atoms with E-state index in [1.54, 1.807) is 0 Å². The molecule has 0 aromatic carbocycles. The summed E-state index contributed by atoms with van der Waals surface area (Å²) in [7, 11) is 0. The number of nitrogens with two attached hydrogens (primary N) is 1. The van der Waals surface area contributed by atoms with E-state index in [0.29, 0.717) is 15.9 Å². The third kappa shape index (κ3) is 3.07. The SMILES string of the molecule is Nc1ncnc2c1nc(Br)n2[C@@H]1O[C@@H]2COP(=O)([S-])O[C@@H]2C1O.[Na+]. The van der Waals surface area contributed by atoms with Crippen LogP contribution in [0.1, 0.15) is 6.23 Å². The first-order chi connectivity index (χ1) is 10.9. The van der Waals surface area contributed by atoms with Gasteiger partial charge in [-0.25, -0.2) is 15.0 Å². The van der Waals surface area contributed by atoms with E-state index in [9.17, 15) is 9.67 Å². The van der Waals surface area contributed by atoms with Crippen molar-refractivity contribution in [2.45, 2.75) is 24.5 Å². The van der Waals surface area contributed by atoms with Crippen molar-refractivity contribution in [3.63, 3.8) is 0 Å². The van der Waals surface area contributed by atoms with E-state index in [1.165, 1.54) is 10.9 Å². The molecule has 0 bridgehead atoms. The summed E-state index contributed by atoms with van der Waals surface area (Å²) in [6, 6.07) is 0. The Morgan fingerprint density at radius 2 is 2.25 bits per heavy atom. The van der Waals surface area contributed by atoms with Crippen molar-refractivity contribution in [1.82, 2.24) is 19.5 Å². The first-order valence-corrected chi connectivity index (χ1v) is 9.84. The number of aliphatic hydroxyl groups is 1. The quantitative estimate of drug-likeness (QED) is 0.210. The van der Waals surface area contributed by atoms with Crippen LogP contribution in [0.4, 0.5) is 5.82 Å². The van der Waals surface area contributed by atoms with E-state index >= 15 is 0 Å². The zero-order valence-electron chi connectivity index (χ0n) is 12.3. The van der Waals surface area contributed by atoms with Crippen molar-refractivity contribution >= 4 is 52.0 Å². The molecule has 2 fully saturated rings. The number of hydrogen-bond donors (Lipinski definition) is 2. The maximum atomic E-state index is 11.8. The van der Waals surface area contributed by atoms with Gasteiger partial charge in [0.2, 0.25) is 0 Å². The second kappa shape index (κ2) is 6.76. The number of anilines is 1. The molecule has 2 aromatic heterocycles. The van der Waals surface area contributed by atoms with Crippen LogP contribution >= 0.6 is 22.7 Å². The Kier molecular flexibility index (Phi) is 5.36. The number of imidazole rings is 1. The molecule has 4 rings (SSSR count). The van der Waals surface area contributed by atoms with Gasteiger partial charge < -0.3 is 36.9 Å². The van der Waals surface area contributed by atoms with Crippen molar-refractivity contribution in [3.8, 4) is 0 Å². The molecule has 0 radical (unpaired) electrons. The van der Waals surface area contributed by atoms with Crippen LogP contribution in [0, 0.1) is 0 Å². The van der Waals surface area contributed by atoms with Gasteiger partial charge in [0, 0.05) is 0 Å². The third-order valence-electron chi connectivity index (χ3n) is 3.67. The molecule has 0 saturated carbocycles. The minimum atomic E-state index is -3.60. The Morgan fingerprint density at radius 3 is 3.00 bits per heavy atom. The summed E-state index contributed by atoms with van der Waals surface area (Å²) in [5.74, 6) is 0.203. The fourth-order valence-corrected chi connectivity index (χ4v) is 4.64. The maximum Gasteiger partial charge on any atom is 1.00 e. The van der Waals surface area contributed by atoms with E-state index in [2.05, 4.69) is 30.9 Å². The van der Waals surface area contributed by atoms with Crippen LogP contribution in [0.2, 0.25) is 0 Å². The number of aliphatic hydroxyl groups excluding tert-OH is 1. The zero-order chi connectivity index (χ0) is 16.4. The standard InChI is InChI=1S/C10H11BrN5O5PS.Na/c11-10-15-4-7(12)13-2-14-8(4)16(10)9-5(17)6-3(20-9)1-19-22(18,23)21-6;/h2-3,5-6,9,17H,1H2,(H,18,23)(H2,12,13,14);/q;+1/p-1/t3-,5?,6+,9-,22?;/m1./s1. The molecule has 14 heteroatoms. The summed E-state index contributed by atoms with van der Waals surface area (Å²) in [5.41, 5.74) is 6.53. The summed E-state index contributed by atoms with van der Waals surface area (Å²) in [5, 5.41) is 10.5. The monoisotopic (exact) mass is 445 g/mol. The zero-order valence-corrected chi connectivity index (χ0v) is 17.6. The van der Waals surface area contributed by atoms with Crippen LogP contribution in [0.15, 0.2) is 11.1 Å². The normalized spacial score (nSPS) is 35.6. The topological polar surface area (TPSA) is 135 Å². The molecule has 2 aliphatic heterocycles. The molecular weight excluding hydrogens is 436 g/mol. The summed E-state index contributed by atoms with van der Waals surface area (Å²) < 4.78 is 29.6. The van der Waals surface area contributed by atoms with Gasteiger partial charge in [0.15, 0.2) is 34.7 Å². The molecule has 0 amide bonds. The first kappa shape index (κ1) is 19.0. The van der Waals surface area contributed by atoms with Crippen molar-refractivity contribution in [1.29, 1.82) is 0 Å². The number of ether oxygens (including phenoxy) is 1. The van der Waals surface area contributed by atoms with Gasteiger partial charge in [-0.05, 0) is 15.9 Å². The van der Waals surface area contributed by atoms with Crippen LogP contribution in [0.3, 0.4) is 0 Å². The molecule has 5 atom stereocenters. The Hall–Kier alpha value is 0.250. The van der Waals surface area contributed by atoms with Gasteiger partial charge in [-0.2, -0.15) is 0 Å². The van der Waals surface area contributed by atoms with Gasteiger partial charge in [-0.1, -0.05) is 0 Å². The summed E-state index contributed by atoms with van der Waals surface area (Å²) in [4.78, 5) is 12.2. The Morgan fingerprint density at radius 1 is 1.50 bits per heavy atom. The Balaban J connectivity index is 0.00000169. The fraction of sp³-hybridized carbons (Fsp3) is 0.500. The number of rotatable bonds is 1. The molecule has 2 aromatic rings. The minimum absolute atomic E-state index is 0. The van der Waals surface area contributed by atoms with Crippen LogP contribution in [-0.2, 0) is 30.6 Å². The van der Waals surface area contributed by atoms with Crippen molar-refractivity contribution in [2.75, 3.05) is 12.3 Å². The molecule has 2 saturated heterocycles. The van der Waals surface area contributed by atoms with Crippen molar-refractivity contribution < 1.29 is 53.0 Å². The smallest absolute Gasteiger partial charge is 0.660 e. The van der Waals surface area contributed by atoms with E-state index in [1.807, 2.05) is 0 Å². The predicted molar refractivity (Wildman–Crippen MR) is 83.1 cm³/mol. The van der Waals surface area contributed by atoms with Crippen LogP contribution < -0.4 is 35.3 Å². The number of nitrogens with zero attached hydrogens (tertiary/aromatic N) is 4. The second-order valence-electron chi connectivity index (χ2n) is 5.05. The van der Waals surface area contributed by atoms with Crippen LogP contribution in [0.5, 0.6) is 0 Å². The summed E-state index contributed by atoms with van der Waals surface area (Å²) in [6.07, 6.45) is -2.20. The molecular formula is C10H10BrN5NaO5PS. The van der Waals surface area contributed by atoms with Crippen LogP contribution in [0.25, 0.3) is 11.2 Å². The van der Waals surface area contributed by atoms with Crippen LogP contribution in [-0.4, -0.2) is 49.5 Å². The largest absolute Gasteiger partial charge is 1.00 e. The van der Waals surface area contributed by atoms with Gasteiger partial charge in [0.05, 0.1) is 6.61 Å². The Bertz CT molecular complexity index is 841. The van der Waals surface area contributed by atoms with Gasteiger partial charge in [0.25, 0.3) is 0 Å². The first-order valence-electron chi connectivity index (χ1n) is 6.49. The van der Waals surface area contributed by atoms with Gasteiger partial charge >= 0.3 is 29.6 Å². The Labute approximate surface area is 171 Å². The molecule has 2 aliphatic rings. The number of nitrogen functional groups attached to an aromatic ring is 1. The number of aromatic nitrogens is 4. The second-order valence-corrected chi connectivity index (χ2v) is 8.47. The van der Waals surface area contributed by atoms with Crippen molar-refractivity contribution in [2.24, 2.45) is 0 Å². The third-order valence-corrected chi connectivity index (χ3v) is 5.77. The number of fused-ring (bicyclic) bond motifs is 2. The van der Waals surface area contributed by atoms with E-state index in [0.717, 1.165) is 0 Å². The fourth-order valence-electron chi connectivity index (χ4n) is 2.67. The summed E-state index contributed by atoms with van der Waals surface area (Å²) >= 11 is 8.00. The van der Waals surface area contributed by atoms with Gasteiger partial charge in [-0.15, -0.1) is 0 Å². The maximum absolute atomic E-state index is 11.8. The minimum Gasteiger partial charge on any atom is -0.660 e. The molecule has 10 nitrogen and oxygen atoms in total. The average Bonchev–Trinajstić information content (AvgIpc) is 2.97. The van der Waals surface area contributed by atoms with Gasteiger partial charge in [0.1, 0.15) is 24.6 Å². The molecule has 124 valence electrons. The molecule has 4 heterocycles. The number of hydrogen-bond acceptors (Lipinski definition) is 10. The number of halogens is 1. The van der Waals surface area contributed by atoms with Gasteiger partial charge in [-0.3, -0.25) is 9.13 Å². The molecule has 0 spiro atoms. The molecule has 2 unspecified atom stereocenters. The predicted octanol–water partition coefficient (Wildman–Crippen LogP) is -2.50. The molecule has 3 N–H and O–H groups in total. The van der Waals surface area contributed by atoms with Crippen molar-refractivity contribution in [3.05, 3.63) is 11.1 Å².